The summed E-state index contributed by atoms with van der Waals surface area (Å²) in [6.07, 6.45) is 0.611. The highest BCUT2D eigenvalue weighted by atomic mass is 16.8. The molecule has 2 aliphatic rings. The fraction of sp³-hybridized carbons (Fsp3) is 1.00. The van der Waals surface area contributed by atoms with Crippen LogP contribution in [0.25, 0.3) is 0 Å². The Hall–Kier alpha value is -0.240. The maximum atomic E-state index is 9.05. The van der Waals surface area contributed by atoms with Gasteiger partial charge >= 0.3 is 0 Å². The Labute approximate surface area is 107 Å². The average Bonchev–Trinajstić information content (AvgIpc) is 2.48. The normalized spacial score (nSPS) is 34.5. The summed E-state index contributed by atoms with van der Waals surface area (Å²) in [5.41, 5.74) is 0. The molecule has 0 saturated carbocycles. The van der Waals surface area contributed by atoms with E-state index in [2.05, 4.69) is 0 Å². The van der Waals surface area contributed by atoms with Crippen LogP contribution in [0.3, 0.4) is 0 Å². The van der Waals surface area contributed by atoms with Crippen molar-refractivity contribution in [1.29, 1.82) is 0 Å². The third-order valence-corrected chi connectivity index (χ3v) is 2.50. The summed E-state index contributed by atoms with van der Waals surface area (Å²) >= 11 is 0. The lowest BCUT2D eigenvalue weighted by molar-refractivity contribution is -0.157. The molecular formula is C12H24O6. The van der Waals surface area contributed by atoms with E-state index in [0.717, 1.165) is 6.42 Å². The first-order chi connectivity index (χ1) is 8.12. The fourth-order valence-electron chi connectivity index (χ4n) is 1.99. The van der Waals surface area contributed by atoms with Gasteiger partial charge in [0.1, 0.15) is 12.2 Å². The van der Waals surface area contributed by atoms with Crippen LogP contribution in [0.2, 0.25) is 0 Å². The molecule has 2 heterocycles. The predicted octanol–water partition coefficient (Wildman–Crippen LogP) is -0.00520. The summed E-state index contributed by atoms with van der Waals surface area (Å²) in [5.74, 6) is -2.03. The van der Waals surface area contributed by atoms with Crippen LogP contribution in [-0.4, -0.2) is 58.4 Å². The van der Waals surface area contributed by atoms with E-state index in [1.807, 2.05) is 13.8 Å². The number of aliphatic hydroxyl groups is 3. The van der Waals surface area contributed by atoms with Crippen molar-refractivity contribution in [1.82, 2.24) is 0 Å². The molecule has 0 aromatic heterocycles. The third kappa shape index (κ3) is 5.17. The fourth-order valence-corrected chi connectivity index (χ4v) is 1.99. The van der Waals surface area contributed by atoms with Crippen molar-refractivity contribution in [3.8, 4) is 0 Å². The van der Waals surface area contributed by atoms with Gasteiger partial charge in [-0.3, -0.25) is 0 Å². The van der Waals surface area contributed by atoms with Crippen molar-refractivity contribution in [2.75, 3.05) is 13.2 Å². The Bertz CT molecular complexity index is 254. The van der Waals surface area contributed by atoms with Crippen molar-refractivity contribution < 1.29 is 29.5 Å². The maximum absolute atomic E-state index is 9.05. The van der Waals surface area contributed by atoms with Crippen molar-refractivity contribution in [2.24, 2.45) is 0 Å². The Morgan fingerprint density at radius 2 is 1.78 bits per heavy atom. The van der Waals surface area contributed by atoms with Gasteiger partial charge in [0, 0.05) is 6.61 Å². The molecule has 0 aromatic carbocycles. The summed E-state index contributed by atoms with van der Waals surface area (Å²) in [6.45, 7) is 7.02. The summed E-state index contributed by atoms with van der Waals surface area (Å²) < 4.78 is 16.7. The van der Waals surface area contributed by atoms with Gasteiger partial charge in [0.2, 0.25) is 0 Å². The molecule has 2 fully saturated rings. The third-order valence-electron chi connectivity index (χ3n) is 2.50. The molecule has 0 aromatic rings. The lowest BCUT2D eigenvalue weighted by Gasteiger charge is -2.29. The summed E-state index contributed by atoms with van der Waals surface area (Å²) in [5, 5.41) is 25.2. The Kier molecular flexibility index (Phi) is 5.11. The molecule has 6 heteroatoms. The zero-order valence-electron chi connectivity index (χ0n) is 11.4. The second-order valence-electron chi connectivity index (χ2n) is 5.51. The van der Waals surface area contributed by atoms with Gasteiger partial charge in [-0.15, -0.1) is 0 Å². The van der Waals surface area contributed by atoms with Gasteiger partial charge < -0.3 is 29.5 Å². The second-order valence-corrected chi connectivity index (χ2v) is 5.51. The van der Waals surface area contributed by atoms with E-state index < -0.39 is 11.6 Å². The molecule has 2 rings (SSSR count). The predicted molar refractivity (Wildman–Crippen MR) is 63.8 cm³/mol. The Morgan fingerprint density at radius 3 is 2.28 bits per heavy atom. The lowest BCUT2D eigenvalue weighted by Crippen LogP contribution is -2.44. The molecule has 0 aliphatic carbocycles. The van der Waals surface area contributed by atoms with Crippen LogP contribution < -0.4 is 0 Å². The SMILES string of the molecule is CC(C)(O)O.CC1(C)OC2CCOC(CO)C2O1. The molecule has 18 heavy (non-hydrogen) atoms. The molecule has 3 unspecified atom stereocenters. The highest BCUT2D eigenvalue weighted by Gasteiger charge is 2.47. The molecule has 3 atom stereocenters. The van der Waals surface area contributed by atoms with E-state index in [4.69, 9.17) is 29.5 Å². The van der Waals surface area contributed by atoms with Crippen LogP contribution in [0.4, 0.5) is 0 Å². The molecule has 2 saturated heterocycles. The van der Waals surface area contributed by atoms with Crippen molar-refractivity contribution >= 4 is 0 Å². The molecule has 0 radical (unpaired) electrons. The van der Waals surface area contributed by atoms with Gasteiger partial charge in [-0.2, -0.15) is 0 Å². The number of rotatable bonds is 1. The lowest BCUT2D eigenvalue weighted by atomic mass is 10.0. The van der Waals surface area contributed by atoms with Crippen LogP contribution >= 0.6 is 0 Å². The van der Waals surface area contributed by atoms with Gasteiger partial charge in [0.05, 0.1) is 12.7 Å². The number of hydrogen-bond donors (Lipinski definition) is 3. The monoisotopic (exact) mass is 264 g/mol. The second kappa shape index (κ2) is 5.81. The van der Waals surface area contributed by atoms with E-state index in [1.165, 1.54) is 13.8 Å². The van der Waals surface area contributed by atoms with Gasteiger partial charge in [-0.05, 0) is 34.1 Å². The minimum absolute atomic E-state index is 0.000602. The van der Waals surface area contributed by atoms with Gasteiger partial charge in [-0.25, -0.2) is 0 Å². The first-order valence-corrected chi connectivity index (χ1v) is 6.15. The Morgan fingerprint density at radius 1 is 1.22 bits per heavy atom. The van der Waals surface area contributed by atoms with Crippen molar-refractivity contribution in [3.05, 3.63) is 0 Å². The quantitative estimate of drug-likeness (QED) is 0.578. The van der Waals surface area contributed by atoms with Crippen LogP contribution in [0.5, 0.6) is 0 Å². The summed E-state index contributed by atoms with van der Waals surface area (Å²) in [7, 11) is 0. The highest BCUT2D eigenvalue weighted by molar-refractivity contribution is 4.89. The number of hydrogen-bond acceptors (Lipinski definition) is 6. The van der Waals surface area contributed by atoms with E-state index in [0.29, 0.717) is 6.61 Å². The molecule has 0 amide bonds. The minimum Gasteiger partial charge on any atom is -0.394 e. The number of aliphatic hydroxyl groups excluding tert-OH is 1. The first-order valence-electron chi connectivity index (χ1n) is 6.15. The summed E-state index contributed by atoms with van der Waals surface area (Å²) in [4.78, 5) is 0. The topological polar surface area (TPSA) is 88.4 Å². The largest absolute Gasteiger partial charge is 0.394 e. The zero-order valence-corrected chi connectivity index (χ0v) is 11.4. The molecular weight excluding hydrogens is 240 g/mol. The van der Waals surface area contributed by atoms with E-state index >= 15 is 0 Å². The average molecular weight is 264 g/mol. The molecule has 6 nitrogen and oxygen atoms in total. The molecule has 0 spiro atoms. The number of fused-ring (bicyclic) bond motifs is 1. The molecule has 2 aliphatic heterocycles. The smallest absolute Gasteiger partial charge is 0.163 e. The van der Waals surface area contributed by atoms with Gasteiger partial charge in [0.15, 0.2) is 11.6 Å². The summed E-state index contributed by atoms with van der Waals surface area (Å²) in [6, 6.07) is 0. The first kappa shape index (κ1) is 15.8. The van der Waals surface area contributed by atoms with E-state index in [9.17, 15) is 0 Å². The highest BCUT2D eigenvalue weighted by Crippen LogP contribution is 2.34. The van der Waals surface area contributed by atoms with Crippen LogP contribution in [0.1, 0.15) is 34.1 Å². The van der Waals surface area contributed by atoms with Crippen LogP contribution in [-0.2, 0) is 14.2 Å². The molecule has 108 valence electrons. The van der Waals surface area contributed by atoms with Gasteiger partial charge in [0.25, 0.3) is 0 Å². The standard InChI is InChI=1S/C9H16O4.C3H8O2/c1-9(2)12-6-3-4-11-7(5-10)8(6)13-9;1-3(2,4)5/h6-8,10H,3-5H2,1-2H3;4-5H,1-2H3. The zero-order chi connectivity index (χ0) is 14.0. The van der Waals surface area contributed by atoms with E-state index in [1.54, 1.807) is 0 Å². The molecule has 3 N–H and O–H groups in total. The number of ether oxygens (including phenoxy) is 3. The minimum atomic E-state index is -1.50. The van der Waals surface area contributed by atoms with E-state index in [-0.39, 0.29) is 24.9 Å². The van der Waals surface area contributed by atoms with Crippen LogP contribution in [0.15, 0.2) is 0 Å². The van der Waals surface area contributed by atoms with Crippen molar-refractivity contribution in [3.63, 3.8) is 0 Å². The van der Waals surface area contributed by atoms with Crippen molar-refractivity contribution in [2.45, 2.75) is 64.0 Å². The van der Waals surface area contributed by atoms with Crippen LogP contribution in [0, 0.1) is 0 Å². The maximum Gasteiger partial charge on any atom is 0.163 e. The molecule has 0 bridgehead atoms. The van der Waals surface area contributed by atoms with Gasteiger partial charge in [-0.1, -0.05) is 0 Å². The Balaban J connectivity index is 0.000000280.